The second-order valence-corrected chi connectivity index (χ2v) is 7.71. The zero-order valence-corrected chi connectivity index (χ0v) is 14.6. The first-order chi connectivity index (χ1) is 12.6. The van der Waals surface area contributed by atoms with Gasteiger partial charge in [0.25, 0.3) is 5.95 Å². The Balaban J connectivity index is 1.42. The van der Waals surface area contributed by atoms with Gasteiger partial charge in [-0.25, -0.2) is 4.39 Å². The van der Waals surface area contributed by atoms with Crippen LogP contribution in [-0.2, 0) is 4.79 Å². The first kappa shape index (κ1) is 15.8. The van der Waals surface area contributed by atoms with Crippen molar-refractivity contribution in [3.63, 3.8) is 0 Å². The third-order valence-corrected chi connectivity index (χ3v) is 5.90. The minimum atomic E-state index is -0.267. The topological polar surface area (TPSA) is 62.5 Å². The fraction of sp³-hybridized carbons (Fsp3) is 0.526. The van der Waals surface area contributed by atoms with Gasteiger partial charge in [0.15, 0.2) is 0 Å². The van der Waals surface area contributed by atoms with E-state index in [1.165, 1.54) is 6.07 Å². The molecule has 2 aliphatic heterocycles. The van der Waals surface area contributed by atoms with Gasteiger partial charge in [-0.05, 0) is 35.7 Å². The highest BCUT2D eigenvalue weighted by Gasteiger charge is 2.49. The standard InChI is InChI=1S/C19H21FN4O2/c1-11(25)24-9-14-8-23(19-21-18(26-22-19)12-5-6-12)10-16(14)17(24)13-3-2-4-15(20)7-13/h2-4,7,12,14,16-17H,5-6,8-10H2,1H3/t14-,16-,17+/m1/s1. The van der Waals surface area contributed by atoms with Crippen molar-refractivity contribution in [2.45, 2.75) is 31.7 Å². The summed E-state index contributed by atoms with van der Waals surface area (Å²) in [5.74, 6) is 2.16. The maximum atomic E-state index is 13.8. The average molecular weight is 356 g/mol. The molecule has 3 aliphatic rings. The second kappa shape index (κ2) is 5.79. The van der Waals surface area contributed by atoms with E-state index < -0.39 is 0 Å². The van der Waals surface area contributed by atoms with E-state index in [1.807, 2.05) is 11.0 Å². The predicted octanol–water partition coefficient (Wildman–Crippen LogP) is 2.74. The molecule has 3 atom stereocenters. The third-order valence-electron chi connectivity index (χ3n) is 5.90. The molecule has 1 saturated carbocycles. The van der Waals surface area contributed by atoms with Gasteiger partial charge < -0.3 is 14.3 Å². The van der Waals surface area contributed by atoms with Crippen molar-refractivity contribution in [2.75, 3.05) is 24.5 Å². The van der Waals surface area contributed by atoms with Gasteiger partial charge in [0.2, 0.25) is 11.8 Å². The van der Waals surface area contributed by atoms with Crippen LogP contribution < -0.4 is 4.90 Å². The van der Waals surface area contributed by atoms with E-state index in [4.69, 9.17) is 4.52 Å². The zero-order valence-electron chi connectivity index (χ0n) is 14.6. The minimum absolute atomic E-state index is 0.0378. The van der Waals surface area contributed by atoms with Crippen LogP contribution in [0.1, 0.15) is 43.2 Å². The predicted molar refractivity (Wildman–Crippen MR) is 92.0 cm³/mol. The number of fused-ring (bicyclic) bond motifs is 1. The Hall–Kier alpha value is -2.44. The molecule has 0 radical (unpaired) electrons. The highest BCUT2D eigenvalue weighted by Crippen LogP contribution is 2.46. The lowest BCUT2D eigenvalue weighted by Crippen LogP contribution is -2.34. The molecule has 2 saturated heterocycles. The van der Waals surface area contributed by atoms with Crippen LogP contribution in [0, 0.1) is 17.7 Å². The van der Waals surface area contributed by atoms with Gasteiger partial charge >= 0.3 is 0 Å². The van der Waals surface area contributed by atoms with E-state index in [9.17, 15) is 9.18 Å². The Morgan fingerprint density at radius 1 is 1.27 bits per heavy atom. The number of carbonyl (C=O) groups is 1. The van der Waals surface area contributed by atoms with Crippen molar-refractivity contribution in [3.05, 3.63) is 41.5 Å². The summed E-state index contributed by atoms with van der Waals surface area (Å²) >= 11 is 0. The van der Waals surface area contributed by atoms with Crippen LogP contribution in [0.25, 0.3) is 0 Å². The van der Waals surface area contributed by atoms with Gasteiger partial charge in [0.1, 0.15) is 5.82 Å². The van der Waals surface area contributed by atoms with Crippen LogP contribution in [-0.4, -0.2) is 40.6 Å². The molecule has 0 bridgehead atoms. The van der Waals surface area contributed by atoms with E-state index in [1.54, 1.807) is 19.1 Å². The highest BCUT2D eigenvalue weighted by molar-refractivity contribution is 5.74. The van der Waals surface area contributed by atoms with Crippen molar-refractivity contribution in [3.8, 4) is 0 Å². The lowest BCUT2D eigenvalue weighted by atomic mass is 9.89. The lowest BCUT2D eigenvalue weighted by Gasteiger charge is -2.28. The Morgan fingerprint density at radius 2 is 2.12 bits per heavy atom. The summed E-state index contributed by atoms with van der Waals surface area (Å²) in [5, 5.41) is 4.15. The molecule has 5 rings (SSSR count). The molecule has 136 valence electrons. The Bertz CT molecular complexity index is 850. The van der Waals surface area contributed by atoms with Crippen molar-refractivity contribution in [1.82, 2.24) is 15.0 Å². The molecule has 7 heteroatoms. The summed E-state index contributed by atoms with van der Waals surface area (Å²) in [6.07, 6.45) is 2.25. The first-order valence-corrected chi connectivity index (χ1v) is 9.21. The monoisotopic (exact) mass is 356 g/mol. The van der Waals surface area contributed by atoms with E-state index in [0.717, 1.165) is 37.4 Å². The summed E-state index contributed by atoms with van der Waals surface area (Å²) in [5.41, 5.74) is 0.862. The Labute approximate surface area is 151 Å². The third kappa shape index (κ3) is 2.57. The number of likely N-dealkylation sites (tertiary alicyclic amines) is 1. The smallest absolute Gasteiger partial charge is 0.266 e. The molecule has 26 heavy (non-hydrogen) atoms. The SMILES string of the molecule is CC(=O)N1C[C@H]2CN(c3noc(C4CC4)n3)C[C@H]2[C@@H]1c1cccc(F)c1. The van der Waals surface area contributed by atoms with E-state index in [0.29, 0.717) is 24.3 Å². The Kier molecular flexibility index (Phi) is 3.52. The van der Waals surface area contributed by atoms with Crippen LogP contribution in [0.3, 0.4) is 0 Å². The van der Waals surface area contributed by atoms with Crippen LogP contribution >= 0.6 is 0 Å². The van der Waals surface area contributed by atoms with Gasteiger partial charge in [-0.15, -0.1) is 0 Å². The molecular weight excluding hydrogens is 335 g/mol. The summed E-state index contributed by atoms with van der Waals surface area (Å²) in [6.45, 7) is 3.82. The first-order valence-electron chi connectivity index (χ1n) is 9.21. The molecule has 3 heterocycles. The molecule has 3 fully saturated rings. The number of aromatic nitrogens is 2. The van der Waals surface area contributed by atoms with Crippen molar-refractivity contribution < 1.29 is 13.7 Å². The molecular formula is C19H21FN4O2. The number of halogens is 1. The Morgan fingerprint density at radius 3 is 2.85 bits per heavy atom. The molecule has 0 N–H and O–H groups in total. The van der Waals surface area contributed by atoms with Gasteiger partial charge in [-0.2, -0.15) is 4.98 Å². The van der Waals surface area contributed by atoms with Crippen LogP contribution in [0.5, 0.6) is 0 Å². The van der Waals surface area contributed by atoms with Crippen LogP contribution in [0.2, 0.25) is 0 Å². The van der Waals surface area contributed by atoms with Gasteiger partial charge in [0.05, 0.1) is 6.04 Å². The summed E-state index contributed by atoms with van der Waals surface area (Å²) < 4.78 is 19.2. The van der Waals surface area contributed by atoms with E-state index in [-0.39, 0.29) is 23.7 Å². The average Bonchev–Trinajstić information content (AvgIpc) is 3.05. The van der Waals surface area contributed by atoms with E-state index >= 15 is 0 Å². The summed E-state index contributed by atoms with van der Waals surface area (Å²) in [6, 6.07) is 6.50. The quantitative estimate of drug-likeness (QED) is 0.846. The van der Waals surface area contributed by atoms with Gasteiger partial charge in [-0.1, -0.05) is 12.1 Å². The molecule has 1 amide bonds. The van der Waals surface area contributed by atoms with Crippen molar-refractivity contribution >= 4 is 11.9 Å². The maximum absolute atomic E-state index is 13.8. The fourth-order valence-electron chi connectivity index (χ4n) is 4.50. The van der Waals surface area contributed by atoms with Crippen LogP contribution in [0.4, 0.5) is 10.3 Å². The lowest BCUT2D eigenvalue weighted by molar-refractivity contribution is -0.130. The normalized spacial score (nSPS) is 27.8. The van der Waals surface area contributed by atoms with E-state index in [2.05, 4.69) is 15.0 Å². The molecule has 1 aromatic carbocycles. The number of hydrogen-bond donors (Lipinski definition) is 0. The van der Waals surface area contributed by atoms with Crippen molar-refractivity contribution in [2.24, 2.45) is 11.8 Å². The number of nitrogens with zero attached hydrogens (tertiary/aromatic N) is 4. The number of hydrogen-bond acceptors (Lipinski definition) is 5. The molecule has 0 unspecified atom stereocenters. The molecule has 2 aromatic rings. The number of rotatable bonds is 3. The summed E-state index contributed by atoms with van der Waals surface area (Å²) in [4.78, 5) is 20.7. The molecule has 1 aliphatic carbocycles. The van der Waals surface area contributed by atoms with Crippen molar-refractivity contribution in [1.29, 1.82) is 0 Å². The number of amides is 1. The minimum Gasteiger partial charge on any atom is -0.337 e. The second-order valence-electron chi connectivity index (χ2n) is 7.71. The highest BCUT2D eigenvalue weighted by atomic mass is 19.1. The van der Waals surface area contributed by atoms with Gasteiger partial charge in [-0.3, -0.25) is 4.79 Å². The number of carbonyl (C=O) groups excluding carboxylic acids is 1. The molecule has 0 spiro atoms. The van der Waals surface area contributed by atoms with Crippen LogP contribution in [0.15, 0.2) is 28.8 Å². The number of anilines is 1. The largest absolute Gasteiger partial charge is 0.337 e. The fourth-order valence-corrected chi connectivity index (χ4v) is 4.50. The maximum Gasteiger partial charge on any atom is 0.266 e. The number of benzene rings is 1. The summed E-state index contributed by atoms with van der Waals surface area (Å²) in [7, 11) is 0. The van der Waals surface area contributed by atoms with Gasteiger partial charge in [0, 0.05) is 44.3 Å². The zero-order chi connectivity index (χ0) is 17.8. The molecule has 1 aromatic heterocycles. The molecule has 6 nitrogen and oxygen atoms in total.